The fourth-order valence-electron chi connectivity index (χ4n) is 1.59. The number of nitrogens with zero attached hydrogens (tertiary/aromatic N) is 1. The number of carbonyl (C=O) groups excluding carboxylic acids is 1. The van der Waals surface area contributed by atoms with Crippen LogP contribution in [0, 0.1) is 5.92 Å². The Morgan fingerprint density at radius 2 is 1.95 bits per heavy atom. The van der Waals surface area contributed by atoms with Crippen LogP contribution in [0.5, 0.6) is 0 Å². The number of halogens is 3. The highest BCUT2D eigenvalue weighted by atomic mass is 19.4. The van der Waals surface area contributed by atoms with Crippen LogP contribution in [0.2, 0.25) is 0 Å². The Kier molecular flexibility index (Phi) is 5.28. The smallest absolute Gasteiger partial charge is 0.433 e. The van der Waals surface area contributed by atoms with Gasteiger partial charge in [0, 0.05) is 12.2 Å². The lowest BCUT2D eigenvalue weighted by molar-refractivity contribution is -0.141. The van der Waals surface area contributed by atoms with E-state index >= 15 is 0 Å². The summed E-state index contributed by atoms with van der Waals surface area (Å²) >= 11 is 0. The molecule has 2 N–H and O–H groups in total. The summed E-state index contributed by atoms with van der Waals surface area (Å²) in [7, 11) is 0. The fourth-order valence-corrected chi connectivity index (χ4v) is 1.59. The maximum absolute atomic E-state index is 12.4. The van der Waals surface area contributed by atoms with E-state index in [0.717, 1.165) is 12.3 Å². The van der Waals surface area contributed by atoms with Gasteiger partial charge in [0.2, 0.25) is 0 Å². The molecule has 0 aromatic carbocycles. The van der Waals surface area contributed by atoms with Crippen LogP contribution in [0.15, 0.2) is 18.3 Å². The van der Waals surface area contributed by atoms with Gasteiger partial charge in [0.05, 0.1) is 12.0 Å². The fraction of sp³-hybridized carbons (Fsp3) is 0.462. The number of nitrogens with one attached hydrogen (secondary N) is 1. The Morgan fingerprint density at radius 3 is 2.33 bits per heavy atom. The van der Waals surface area contributed by atoms with Gasteiger partial charge in [-0.3, -0.25) is 14.6 Å². The molecule has 116 valence electrons. The number of pyridine rings is 1. The first-order valence-corrected chi connectivity index (χ1v) is 6.17. The molecule has 0 aliphatic heterocycles. The van der Waals surface area contributed by atoms with Crippen molar-refractivity contribution in [2.45, 2.75) is 32.5 Å². The molecule has 1 unspecified atom stereocenters. The van der Waals surface area contributed by atoms with Crippen molar-refractivity contribution < 1.29 is 27.9 Å². The summed E-state index contributed by atoms with van der Waals surface area (Å²) in [5, 5.41) is 11.2. The molecular formula is C13H15F3N2O3. The van der Waals surface area contributed by atoms with Crippen LogP contribution in [-0.4, -0.2) is 28.0 Å². The molecule has 0 saturated carbocycles. The molecule has 1 amide bonds. The Labute approximate surface area is 119 Å². The summed E-state index contributed by atoms with van der Waals surface area (Å²) in [4.78, 5) is 25.8. The minimum atomic E-state index is -4.57. The van der Waals surface area contributed by atoms with E-state index in [0.29, 0.717) is 6.07 Å². The number of alkyl halides is 3. The van der Waals surface area contributed by atoms with Crippen LogP contribution in [-0.2, 0) is 11.0 Å². The summed E-state index contributed by atoms with van der Waals surface area (Å²) in [5.41, 5.74) is -1.15. The molecule has 0 bridgehead atoms. The molecular weight excluding hydrogens is 289 g/mol. The van der Waals surface area contributed by atoms with Gasteiger partial charge < -0.3 is 10.4 Å². The van der Waals surface area contributed by atoms with Gasteiger partial charge in [0.15, 0.2) is 0 Å². The molecule has 1 aromatic heterocycles. The van der Waals surface area contributed by atoms with Crippen LogP contribution in [0.3, 0.4) is 0 Å². The van der Waals surface area contributed by atoms with Gasteiger partial charge in [-0.05, 0) is 18.1 Å². The van der Waals surface area contributed by atoms with Crippen molar-refractivity contribution in [3.63, 3.8) is 0 Å². The highest BCUT2D eigenvalue weighted by molar-refractivity contribution is 5.94. The molecule has 5 nitrogen and oxygen atoms in total. The number of rotatable bonds is 5. The second-order valence-corrected chi connectivity index (χ2v) is 4.85. The van der Waals surface area contributed by atoms with Crippen molar-refractivity contribution in [1.82, 2.24) is 10.3 Å². The third-order valence-corrected chi connectivity index (χ3v) is 2.83. The van der Waals surface area contributed by atoms with Gasteiger partial charge in [-0.15, -0.1) is 0 Å². The highest BCUT2D eigenvalue weighted by Gasteiger charge is 2.32. The first-order chi connectivity index (χ1) is 9.61. The first kappa shape index (κ1) is 16.9. The van der Waals surface area contributed by atoms with Crippen molar-refractivity contribution >= 4 is 11.9 Å². The average Bonchev–Trinajstić information content (AvgIpc) is 2.36. The monoisotopic (exact) mass is 304 g/mol. The highest BCUT2D eigenvalue weighted by Crippen LogP contribution is 2.27. The van der Waals surface area contributed by atoms with Crippen molar-refractivity contribution in [3.8, 4) is 0 Å². The number of aromatic nitrogens is 1. The van der Waals surface area contributed by atoms with E-state index in [1.54, 1.807) is 13.8 Å². The largest absolute Gasteiger partial charge is 0.481 e. The molecule has 1 aromatic rings. The topological polar surface area (TPSA) is 79.3 Å². The normalized spacial score (nSPS) is 13.0. The molecule has 0 saturated heterocycles. The number of carboxylic acid groups (broad SMARTS) is 1. The summed E-state index contributed by atoms with van der Waals surface area (Å²) in [6, 6.07) is 1.09. The number of carboxylic acids is 1. The van der Waals surface area contributed by atoms with E-state index in [-0.39, 0.29) is 17.9 Å². The molecule has 0 aliphatic carbocycles. The van der Waals surface area contributed by atoms with Gasteiger partial charge >= 0.3 is 12.1 Å². The number of amides is 1. The van der Waals surface area contributed by atoms with Crippen LogP contribution in [0.4, 0.5) is 13.2 Å². The molecule has 1 atom stereocenters. The Balaban J connectivity index is 2.81. The predicted octanol–water partition coefficient (Wildman–Crippen LogP) is 2.33. The van der Waals surface area contributed by atoms with E-state index in [9.17, 15) is 22.8 Å². The average molecular weight is 304 g/mol. The molecule has 0 aliphatic rings. The lowest BCUT2D eigenvalue weighted by Gasteiger charge is -2.20. The Morgan fingerprint density at radius 1 is 1.33 bits per heavy atom. The summed E-state index contributed by atoms with van der Waals surface area (Å²) in [6.07, 6.45) is -4.02. The standard InChI is InChI=1S/C13H15F3N2O3/c1-7(2)9(5-11(19)20)18-12(21)8-3-4-10(17-6-8)13(14,15)16/h3-4,6-7,9H,5H2,1-2H3,(H,18,21)(H,19,20). The Bertz CT molecular complexity index is 512. The molecule has 0 spiro atoms. The summed E-state index contributed by atoms with van der Waals surface area (Å²) in [5.74, 6) is -1.86. The zero-order valence-electron chi connectivity index (χ0n) is 11.4. The zero-order valence-corrected chi connectivity index (χ0v) is 11.4. The number of hydrogen-bond acceptors (Lipinski definition) is 3. The molecule has 21 heavy (non-hydrogen) atoms. The second kappa shape index (κ2) is 6.55. The quantitative estimate of drug-likeness (QED) is 0.875. The Hall–Kier alpha value is -2.12. The molecule has 1 rings (SSSR count). The van der Waals surface area contributed by atoms with Gasteiger partial charge in [-0.2, -0.15) is 13.2 Å². The summed E-state index contributed by atoms with van der Waals surface area (Å²) in [6.45, 7) is 3.47. The minimum absolute atomic E-state index is 0.0564. The van der Waals surface area contributed by atoms with Crippen molar-refractivity contribution in [2.75, 3.05) is 0 Å². The van der Waals surface area contributed by atoms with Crippen LogP contribution in [0.25, 0.3) is 0 Å². The number of carbonyl (C=O) groups is 2. The third kappa shape index (κ3) is 5.05. The molecule has 0 fully saturated rings. The van der Waals surface area contributed by atoms with Gasteiger partial charge in [0.25, 0.3) is 5.91 Å². The van der Waals surface area contributed by atoms with Crippen LogP contribution >= 0.6 is 0 Å². The maximum Gasteiger partial charge on any atom is 0.433 e. The number of aliphatic carboxylic acids is 1. The number of hydrogen-bond donors (Lipinski definition) is 2. The molecule has 0 radical (unpaired) electrons. The third-order valence-electron chi connectivity index (χ3n) is 2.83. The molecule has 8 heteroatoms. The second-order valence-electron chi connectivity index (χ2n) is 4.85. The van der Waals surface area contributed by atoms with E-state index in [1.165, 1.54) is 0 Å². The van der Waals surface area contributed by atoms with Gasteiger partial charge in [-0.25, -0.2) is 0 Å². The van der Waals surface area contributed by atoms with Crippen molar-refractivity contribution in [1.29, 1.82) is 0 Å². The van der Waals surface area contributed by atoms with Crippen molar-refractivity contribution in [2.24, 2.45) is 5.92 Å². The van der Waals surface area contributed by atoms with E-state index in [1.807, 2.05) is 0 Å². The summed E-state index contributed by atoms with van der Waals surface area (Å²) < 4.78 is 37.1. The van der Waals surface area contributed by atoms with Crippen LogP contribution in [0.1, 0.15) is 36.3 Å². The zero-order chi connectivity index (χ0) is 16.2. The van der Waals surface area contributed by atoms with E-state index < -0.39 is 29.8 Å². The lowest BCUT2D eigenvalue weighted by Crippen LogP contribution is -2.40. The van der Waals surface area contributed by atoms with Gasteiger partial charge in [-0.1, -0.05) is 13.8 Å². The first-order valence-electron chi connectivity index (χ1n) is 6.17. The van der Waals surface area contributed by atoms with Crippen LogP contribution < -0.4 is 5.32 Å². The molecule has 1 heterocycles. The lowest BCUT2D eigenvalue weighted by atomic mass is 10.0. The van der Waals surface area contributed by atoms with Gasteiger partial charge in [0.1, 0.15) is 5.69 Å². The predicted molar refractivity (Wildman–Crippen MR) is 67.6 cm³/mol. The SMILES string of the molecule is CC(C)C(CC(=O)O)NC(=O)c1ccc(C(F)(F)F)nc1. The maximum atomic E-state index is 12.4. The van der Waals surface area contributed by atoms with E-state index in [2.05, 4.69) is 10.3 Å². The van der Waals surface area contributed by atoms with E-state index in [4.69, 9.17) is 5.11 Å². The minimum Gasteiger partial charge on any atom is -0.481 e. The van der Waals surface area contributed by atoms with Crippen molar-refractivity contribution in [3.05, 3.63) is 29.6 Å².